The third kappa shape index (κ3) is 1.21. The molecule has 4 aliphatic heterocycles. The Labute approximate surface area is 81.7 Å². The Morgan fingerprint density at radius 2 is 0.643 bits per heavy atom. The third-order valence-electron chi connectivity index (χ3n) is 2.12. The molecule has 0 N–H and O–H groups in total. The Morgan fingerprint density at radius 3 is 0.857 bits per heavy atom. The fourth-order valence-electron chi connectivity index (χ4n) is 1.42. The zero-order valence-corrected chi connectivity index (χ0v) is 7.44. The molecule has 0 radical (unpaired) electrons. The molecule has 2 aromatic rings. The van der Waals surface area contributed by atoms with E-state index < -0.39 is 0 Å². The summed E-state index contributed by atoms with van der Waals surface area (Å²) in [6.45, 7) is 0. The molecule has 0 saturated heterocycles. The summed E-state index contributed by atoms with van der Waals surface area (Å²) in [5.74, 6) is 3.30. The van der Waals surface area contributed by atoms with Gasteiger partial charge in [0.05, 0.1) is 0 Å². The second-order valence-corrected chi connectivity index (χ2v) is 3.15. The molecule has 4 bridgehead atoms. The predicted molar refractivity (Wildman–Crippen MR) is 53.0 cm³/mol. The van der Waals surface area contributed by atoms with Crippen LogP contribution in [-0.4, -0.2) is 0 Å². The molecule has 14 heavy (non-hydrogen) atoms. The van der Waals surface area contributed by atoms with Gasteiger partial charge in [0.25, 0.3) is 0 Å². The summed E-state index contributed by atoms with van der Waals surface area (Å²) in [5.41, 5.74) is 0. The minimum absolute atomic E-state index is 0.826. The second kappa shape index (κ2) is 2.77. The van der Waals surface area contributed by atoms with E-state index in [2.05, 4.69) is 0 Å². The van der Waals surface area contributed by atoms with Crippen LogP contribution in [0.15, 0.2) is 48.5 Å². The molecule has 2 aromatic carbocycles. The van der Waals surface area contributed by atoms with E-state index in [9.17, 15) is 0 Å². The first-order valence-electron chi connectivity index (χ1n) is 4.46. The minimum atomic E-state index is 0.826. The maximum Gasteiger partial charge on any atom is 0.127 e. The first-order valence-corrected chi connectivity index (χ1v) is 4.46. The first-order chi connectivity index (χ1) is 6.90. The molecular formula is C12H8O2. The van der Waals surface area contributed by atoms with Gasteiger partial charge in [0.15, 0.2) is 0 Å². The van der Waals surface area contributed by atoms with Gasteiger partial charge >= 0.3 is 0 Å². The van der Waals surface area contributed by atoms with Crippen molar-refractivity contribution in [3.8, 4) is 23.0 Å². The highest BCUT2D eigenvalue weighted by Gasteiger charge is 2.03. The monoisotopic (exact) mass is 184 g/mol. The molecule has 0 aromatic heterocycles. The van der Waals surface area contributed by atoms with Gasteiger partial charge in [-0.25, -0.2) is 0 Å². The molecule has 2 nitrogen and oxygen atoms in total. The van der Waals surface area contributed by atoms with Crippen LogP contribution >= 0.6 is 0 Å². The molecular weight excluding hydrogens is 176 g/mol. The van der Waals surface area contributed by atoms with Crippen molar-refractivity contribution in [1.29, 1.82) is 0 Å². The molecule has 0 saturated carbocycles. The topological polar surface area (TPSA) is 18.5 Å². The molecule has 6 rings (SSSR count). The number of hydrogen-bond acceptors (Lipinski definition) is 2. The second-order valence-electron chi connectivity index (χ2n) is 3.15. The maximum atomic E-state index is 5.60. The zero-order chi connectivity index (χ0) is 9.38. The summed E-state index contributed by atoms with van der Waals surface area (Å²) >= 11 is 0. The van der Waals surface area contributed by atoms with Crippen molar-refractivity contribution in [1.82, 2.24) is 0 Å². The van der Waals surface area contributed by atoms with E-state index in [0.717, 1.165) is 23.0 Å². The summed E-state index contributed by atoms with van der Waals surface area (Å²) in [5, 5.41) is 0. The summed E-state index contributed by atoms with van der Waals surface area (Å²) in [6.07, 6.45) is 0. The van der Waals surface area contributed by atoms with Crippen LogP contribution in [0.2, 0.25) is 0 Å². The van der Waals surface area contributed by atoms with Crippen molar-refractivity contribution in [2.75, 3.05) is 0 Å². The van der Waals surface area contributed by atoms with Crippen molar-refractivity contribution in [3.05, 3.63) is 48.5 Å². The smallest absolute Gasteiger partial charge is 0.127 e. The van der Waals surface area contributed by atoms with Gasteiger partial charge in [-0.15, -0.1) is 0 Å². The summed E-state index contributed by atoms with van der Waals surface area (Å²) in [6, 6.07) is 15.2. The molecule has 0 amide bonds. The zero-order valence-electron chi connectivity index (χ0n) is 7.44. The lowest BCUT2D eigenvalue weighted by atomic mass is 10.3. The van der Waals surface area contributed by atoms with Crippen LogP contribution in [0, 0.1) is 0 Å². The van der Waals surface area contributed by atoms with Crippen LogP contribution in [0.25, 0.3) is 0 Å². The van der Waals surface area contributed by atoms with Crippen LogP contribution < -0.4 is 9.47 Å². The lowest BCUT2D eigenvalue weighted by molar-refractivity contribution is 0.457. The van der Waals surface area contributed by atoms with E-state index >= 15 is 0 Å². The van der Waals surface area contributed by atoms with E-state index in [1.807, 2.05) is 48.5 Å². The van der Waals surface area contributed by atoms with Crippen molar-refractivity contribution < 1.29 is 9.47 Å². The first kappa shape index (κ1) is 7.44. The molecule has 0 fully saturated rings. The average Bonchev–Trinajstić information content (AvgIpc) is 2.27. The molecule has 0 atom stereocenters. The summed E-state index contributed by atoms with van der Waals surface area (Å²) in [7, 11) is 0. The van der Waals surface area contributed by atoms with Gasteiger partial charge in [0, 0.05) is 0 Å². The maximum absolute atomic E-state index is 5.60. The van der Waals surface area contributed by atoms with E-state index in [1.54, 1.807) is 0 Å². The van der Waals surface area contributed by atoms with Crippen molar-refractivity contribution in [2.24, 2.45) is 0 Å². The lowest BCUT2D eigenvalue weighted by Crippen LogP contribution is -1.89. The number of hydrogen-bond donors (Lipinski definition) is 0. The van der Waals surface area contributed by atoms with Crippen LogP contribution in [-0.2, 0) is 0 Å². The van der Waals surface area contributed by atoms with E-state index in [1.165, 1.54) is 0 Å². The van der Waals surface area contributed by atoms with Crippen molar-refractivity contribution >= 4 is 0 Å². The van der Waals surface area contributed by atoms with Crippen LogP contribution in [0.4, 0.5) is 0 Å². The Hall–Kier alpha value is -1.96. The molecule has 68 valence electrons. The van der Waals surface area contributed by atoms with Crippen LogP contribution in [0.3, 0.4) is 0 Å². The molecule has 4 heterocycles. The van der Waals surface area contributed by atoms with Gasteiger partial charge in [0.2, 0.25) is 0 Å². The quantitative estimate of drug-likeness (QED) is 0.531. The Balaban J connectivity index is 2.19. The number of ether oxygens (including phenoxy) is 2. The van der Waals surface area contributed by atoms with Crippen LogP contribution in [0.5, 0.6) is 23.0 Å². The predicted octanol–water partition coefficient (Wildman–Crippen LogP) is 3.58. The highest BCUT2D eigenvalue weighted by Crippen LogP contribution is 2.30. The van der Waals surface area contributed by atoms with Crippen molar-refractivity contribution in [2.45, 2.75) is 0 Å². The van der Waals surface area contributed by atoms with Gasteiger partial charge in [0.1, 0.15) is 23.0 Å². The average molecular weight is 184 g/mol. The molecule has 0 aliphatic carbocycles. The van der Waals surface area contributed by atoms with Crippen LogP contribution in [0.1, 0.15) is 0 Å². The fourth-order valence-corrected chi connectivity index (χ4v) is 1.42. The van der Waals surface area contributed by atoms with E-state index in [-0.39, 0.29) is 0 Å². The van der Waals surface area contributed by atoms with E-state index in [4.69, 9.17) is 9.47 Å². The molecule has 2 heteroatoms. The molecule has 0 spiro atoms. The number of benzene rings is 2. The largest absolute Gasteiger partial charge is 0.457 e. The normalized spacial score (nSPS) is 12.0. The van der Waals surface area contributed by atoms with Gasteiger partial charge < -0.3 is 9.47 Å². The highest BCUT2D eigenvalue weighted by molar-refractivity contribution is 5.41. The number of rotatable bonds is 0. The highest BCUT2D eigenvalue weighted by atomic mass is 16.5. The summed E-state index contributed by atoms with van der Waals surface area (Å²) < 4.78 is 11.2. The molecule has 4 aliphatic rings. The van der Waals surface area contributed by atoms with Gasteiger partial charge in [-0.3, -0.25) is 0 Å². The Bertz CT molecular complexity index is 355. The van der Waals surface area contributed by atoms with Crippen molar-refractivity contribution in [3.63, 3.8) is 0 Å². The Kier molecular flexibility index (Phi) is 1.47. The van der Waals surface area contributed by atoms with Gasteiger partial charge in [-0.1, -0.05) is 0 Å². The minimum Gasteiger partial charge on any atom is -0.457 e. The van der Waals surface area contributed by atoms with Gasteiger partial charge in [-0.2, -0.15) is 0 Å². The summed E-state index contributed by atoms with van der Waals surface area (Å²) in [4.78, 5) is 0. The fraction of sp³-hybridized carbons (Fsp3) is 0. The molecule has 0 unspecified atom stereocenters. The lowest BCUT2D eigenvalue weighted by Gasteiger charge is -2.12. The standard InChI is InChI=1S/C12H8O2/c1-2-10-4-3-9(1)13-11-5-7-12(14-10)8-6-11/h1-8H. The van der Waals surface area contributed by atoms with E-state index in [0.29, 0.717) is 0 Å². The van der Waals surface area contributed by atoms with Gasteiger partial charge in [-0.05, 0) is 48.5 Å². The SMILES string of the molecule is c1cc2ccc1Oc1ccc(cc1)O2. The Morgan fingerprint density at radius 1 is 0.429 bits per heavy atom. The third-order valence-corrected chi connectivity index (χ3v) is 2.12.